The lowest BCUT2D eigenvalue weighted by Gasteiger charge is -2.45. The zero-order valence-electron chi connectivity index (χ0n) is 11.8. The van der Waals surface area contributed by atoms with Crippen molar-refractivity contribution in [2.75, 3.05) is 6.54 Å². The quantitative estimate of drug-likeness (QED) is 0.840. The molecule has 0 bridgehead atoms. The van der Waals surface area contributed by atoms with E-state index in [1.807, 2.05) is 0 Å². The van der Waals surface area contributed by atoms with Gasteiger partial charge in [-0.15, -0.1) is 0 Å². The summed E-state index contributed by atoms with van der Waals surface area (Å²) in [5, 5.41) is 9.46. The Balaban J connectivity index is 2.10. The van der Waals surface area contributed by atoms with Gasteiger partial charge in [-0.1, -0.05) is 19.8 Å². The molecule has 2 aliphatic rings. The van der Waals surface area contributed by atoms with E-state index in [1.165, 1.54) is 25.7 Å². The fraction of sp³-hybridized carbons (Fsp3) is 0.933. The molecule has 0 radical (unpaired) electrons. The van der Waals surface area contributed by atoms with Gasteiger partial charge in [-0.2, -0.15) is 0 Å². The van der Waals surface area contributed by atoms with Crippen molar-refractivity contribution in [2.45, 2.75) is 70.9 Å². The highest BCUT2D eigenvalue weighted by molar-refractivity contribution is 5.71. The zero-order chi connectivity index (χ0) is 13.1. The molecule has 1 aliphatic heterocycles. The number of nitrogens with zero attached hydrogens (tertiary/aromatic N) is 1. The molecule has 2 fully saturated rings. The fourth-order valence-corrected chi connectivity index (χ4v) is 3.87. The molecule has 1 aliphatic carbocycles. The molecule has 1 N–H and O–H groups in total. The number of piperidine rings is 1. The number of carbonyl (C=O) groups is 1. The van der Waals surface area contributed by atoms with Crippen LogP contribution in [0.1, 0.15) is 58.8 Å². The van der Waals surface area contributed by atoms with E-state index in [0.717, 1.165) is 31.7 Å². The van der Waals surface area contributed by atoms with E-state index in [4.69, 9.17) is 0 Å². The minimum atomic E-state index is -0.577. The smallest absolute Gasteiger partial charge is 0.308 e. The Labute approximate surface area is 111 Å². The number of carboxylic acids is 1. The van der Waals surface area contributed by atoms with Crippen LogP contribution in [0.3, 0.4) is 0 Å². The number of rotatable bonds is 3. The topological polar surface area (TPSA) is 40.5 Å². The molecule has 0 aromatic rings. The van der Waals surface area contributed by atoms with Gasteiger partial charge in [0.2, 0.25) is 0 Å². The summed E-state index contributed by atoms with van der Waals surface area (Å²) >= 11 is 0. The molecule has 1 saturated carbocycles. The van der Waals surface area contributed by atoms with Crippen molar-refractivity contribution in [3.8, 4) is 0 Å². The van der Waals surface area contributed by atoms with Crippen molar-refractivity contribution < 1.29 is 9.90 Å². The van der Waals surface area contributed by atoms with Crippen molar-refractivity contribution >= 4 is 5.97 Å². The molecular formula is C15H27NO2. The van der Waals surface area contributed by atoms with Crippen LogP contribution in [0.2, 0.25) is 0 Å². The lowest BCUT2D eigenvalue weighted by molar-refractivity contribution is -0.147. The summed E-state index contributed by atoms with van der Waals surface area (Å²) in [6.07, 6.45) is 8.06. The maximum Gasteiger partial charge on any atom is 0.308 e. The number of aliphatic carboxylic acids is 1. The first kappa shape index (κ1) is 13.9. The summed E-state index contributed by atoms with van der Waals surface area (Å²) in [5.41, 5.74) is 0. The zero-order valence-corrected chi connectivity index (χ0v) is 11.8. The number of likely N-dealkylation sites (tertiary alicyclic amines) is 1. The van der Waals surface area contributed by atoms with E-state index in [2.05, 4.69) is 18.7 Å². The van der Waals surface area contributed by atoms with Gasteiger partial charge in [0.15, 0.2) is 0 Å². The van der Waals surface area contributed by atoms with E-state index in [9.17, 15) is 9.90 Å². The summed E-state index contributed by atoms with van der Waals surface area (Å²) in [7, 11) is 0. The van der Waals surface area contributed by atoms with Crippen LogP contribution in [0.5, 0.6) is 0 Å². The lowest BCUT2D eigenvalue weighted by atomic mass is 9.75. The van der Waals surface area contributed by atoms with E-state index in [-0.39, 0.29) is 12.0 Å². The van der Waals surface area contributed by atoms with Gasteiger partial charge in [-0.05, 0) is 51.5 Å². The molecule has 0 aromatic carbocycles. The van der Waals surface area contributed by atoms with Gasteiger partial charge in [-0.25, -0.2) is 0 Å². The SMILES string of the molecule is CCC1CCC(C(=O)O)C(N2CCCCC2C)C1. The van der Waals surface area contributed by atoms with Gasteiger partial charge < -0.3 is 5.11 Å². The Morgan fingerprint density at radius 3 is 2.67 bits per heavy atom. The van der Waals surface area contributed by atoms with Crippen molar-refractivity contribution in [3.05, 3.63) is 0 Å². The fourth-order valence-electron chi connectivity index (χ4n) is 3.87. The summed E-state index contributed by atoms with van der Waals surface area (Å²) < 4.78 is 0. The Kier molecular flexibility index (Phi) is 4.66. The Bertz CT molecular complexity index is 292. The van der Waals surface area contributed by atoms with E-state index in [1.54, 1.807) is 0 Å². The lowest BCUT2D eigenvalue weighted by Crippen LogP contribution is -2.52. The van der Waals surface area contributed by atoms with E-state index < -0.39 is 5.97 Å². The standard InChI is InChI=1S/C15H27NO2/c1-3-12-7-8-13(15(17)18)14(10-12)16-9-5-4-6-11(16)2/h11-14H,3-10H2,1-2H3,(H,17,18). The van der Waals surface area contributed by atoms with Gasteiger partial charge in [0.25, 0.3) is 0 Å². The highest BCUT2D eigenvalue weighted by Crippen LogP contribution is 2.36. The molecule has 0 aromatic heterocycles. The molecule has 1 heterocycles. The minimum absolute atomic E-state index is 0.131. The molecule has 4 unspecified atom stereocenters. The first-order valence-electron chi connectivity index (χ1n) is 7.62. The van der Waals surface area contributed by atoms with Crippen molar-refractivity contribution in [1.29, 1.82) is 0 Å². The number of carboxylic acid groups (broad SMARTS) is 1. The molecule has 18 heavy (non-hydrogen) atoms. The molecule has 0 amide bonds. The van der Waals surface area contributed by atoms with E-state index >= 15 is 0 Å². The maximum atomic E-state index is 11.5. The third-order valence-electron chi connectivity index (χ3n) is 5.10. The van der Waals surface area contributed by atoms with Crippen LogP contribution in [0.4, 0.5) is 0 Å². The first-order chi connectivity index (χ1) is 8.63. The highest BCUT2D eigenvalue weighted by Gasteiger charge is 2.39. The molecule has 3 heteroatoms. The third kappa shape index (κ3) is 2.87. The monoisotopic (exact) mass is 253 g/mol. The molecule has 0 spiro atoms. The number of hydrogen-bond acceptors (Lipinski definition) is 2. The second-order valence-corrected chi connectivity index (χ2v) is 6.18. The van der Waals surface area contributed by atoms with Gasteiger partial charge in [-0.3, -0.25) is 9.69 Å². The Morgan fingerprint density at radius 2 is 2.06 bits per heavy atom. The van der Waals surface area contributed by atoms with Crippen molar-refractivity contribution in [1.82, 2.24) is 4.90 Å². The predicted molar refractivity (Wildman–Crippen MR) is 72.6 cm³/mol. The molecular weight excluding hydrogens is 226 g/mol. The van der Waals surface area contributed by atoms with Crippen LogP contribution in [0.15, 0.2) is 0 Å². The average Bonchev–Trinajstić information content (AvgIpc) is 2.38. The second-order valence-electron chi connectivity index (χ2n) is 6.18. The van der Waals surface area contributed by atoms with Crippen LogP contribution < -0.4 is 0 Å². The minimum Gasteiger partial charge on any atom is -0.481 e. The van der Waals surface area contributed by atoms with Gasteiger partial charge >= 0.3 is 5.97 Å². The van der Waals surface area contributed by atoms with Crippen molar-refractivity contribution in [2.24, 2.45) is 11.8 Å². The summed E-state index contributed by atoms with van der Waals surface area (Å²) in [6.45, 7) is 5.61. The predicted octanol–water partition coefficient (Wildman–Crippen LogP) is 3.14. The van der Waals surface area contributed by atoms with E-state index in [0.29, 0.717) is 6.04 Å². The second kappa shape index (κ2) is 6.05. The number of hydrogen-bond donors (Lipinski definition) is 1. The maximum absolute atomic E-state index is 11.5. The Morgan fingerprint density at radius 1 is 1.28 bits per heavy atom. The average molecular weight is 253 g/mol. The molecule has 3 nitrogen and oxygen atoms in total. The highest BCUT2D eigenvalue weighted by atomic mass is 16.4. The van der Waals surface area contributed by atoms with Crippen molar-refractivity contribution in [3.63, 3.8) is 0 Å². The van der Waals surface area contributed by atoms with Crippen LogP contribution in [-0.4, -0.2) is 34.6 Å². The van der Waals surface area contributed by atoms with Crippen LogP contribution >= 0.6 is 0 Å². The largest absolute Gasteiger partial charge is 0.481 e. The Hall–Kier alpha value is -0.570. The van der Waals surface area contributed by atoms with Crippen LogP contribution in [0.25, 0.3) is 0 Å². The molecule has 104 valence electrons. The van der Waals surface area contributed by atoms with Crippen LogP contribution in [0, 0.1) is 11.8 Å². The first-order valence-corrected chi connectivity index (χ1v) is 7.62. The summed E-state index contributed by atoms with van der Waals surface area (Å²) in [5.74, 6) is 0.0282. The molecule has 2 rings (SSSR count). The normalized spacial score (nSPS) is 38.6. The third-order valence-corrected chi connectivity index (χ3v) is 5.10. The summed E-state index contributed by atoms with van der Waals surface area (Å²) in [6, 6.07) is 0.859. The van der Waals surface area contributed by atoms with Gasteiger partial charge in [0.05, 0.1) is 5.92 Å². The van der Waals surface area contributed by atoms with Gasteiger partial charge in [0, 0.05) is 12.1 Å². The molecule has 4 atom stereocenters. The van der Waals surface area contributed by atoms with Crippen LogP contribution in [-0.2, 0) is 4.79 Å². The summed E-state index contributed by atoms with van der Waals surface area (Å²) in [4.78, 5) is 14.0. The van der Waals surface area contributed by atoms with Gasteiger partial charge in [0.1, 0.15) is 0 Å². The molecule has 1 saturated heterocycles.